The molecule has 0 radical (unpaired) electrons. The van der Waals surface area contributed by atoms with Gasteiger partial charge >= 0.3 is 12.4 Å². The Morgan fingerprint density at radius 1 is 0.477 bits per heavy atom. The Bertz CT molecular complexity index is 2070. The van der Waals surface area contributed by atoms with Crippen LogP contribution in [0.1, 0.15) is 33.9 Å². The fraction of sp³-hybridized carbons (Fsp3) is 0.0588. The summed E-state index contributed by atoms with van der Waals surface area (Å²) < 4.78 is 81.6. The van der Waals surface area contributed by atoms with Crippen molar-refractivity contribution >= 4 is 46.4 Å². The van der Waals surface area contributed by atoms with E-state index in [1.54, 1.807) is 72.8 Å². The van der Waals surface area contributed by atoms with Crippen LogP contribution in [0.4, 0.5) is 26.3 Å². The van der Waals surface area contributed by atoms with Crippen LogP contribution in [0.3, 0.4) is 0 Å². The number of nitrogens with zero attached hydrogens (tertiary/aromatic N) is 2. The van der Waals surface area contributed by atoms with Crippen molar-refractivity contribution in [3.8, 4) is 22.3 Å². The molecule has 0 aliphatic carbocycles. The summed E-state index contributed by atoms with van der Waals surface area (Å²) >= 11 is 0. The highest BCUT2D eigenvalue weighted by atomic mass is 19.4. The van der Waals surface area contributed by atoms with Crippen LogP contribution in [0, 0.1) is 0 Å². The molecule has 0 atom stereocenters. The molecule has 2 aliphatic rings. The van der Waals surface area contributed by atoms with Crippen LogP contribution in [-0.2, 0) is 12.4 Å². The first-order valence-corrected chi connectivity index (χ1v) is 13.5. The molecule has 2 N–H and O–H groups in total. The third kappa shape index (κ3) is 5.19. The van der Waals surface area contributed by atoms with E-state index in [0.717, 1.165) is 24.3 Å². The van der Waals surface area contributed by atoms with Gasteiger partial charge < -0.3 is 9.97 Å². The summed E-state index contributed by atoms with van der Waals surface area (Å²) in [5.74, 6) is 0. The van der Waals surface area contributed by atoms with Crippen LogP contribution in [0.25, 0.3) is 68.6 Å². The standard InChI is InChI=1S/C34H20F6N4/c35-33(36,37)21-5-1-3-19(15-21)31-27-11-7-23(41-27)17-25-9-13-29(43-25)32(20-4-2-6-22(16-20)34(38,39)40)30-14-10-26(44-30)18-24-8-12-28(31)42-24/h1-18,41-42H. The smallest absolute Gasteiger partial charge is 0.355 e. The van der Waals surface area contributed by atoms with Crippen molar-refractivity contribution in [3.63, 3.8) is 0 Å². The molecule has 0 spiro atoms. The zero-order valence-electron chi connectivity index (χ0n) is 22.6. The second-order valence-electron chi connectivity index (χ2n) is 10.4. The van der Waals surface area contributed by atoms with E-state index in [1.165, 1.54) is 12.1 Å². The van der Waals surface area contributed by atoms with Gasteiger partial charge in [0.25, 0.3) is 0 Å². The van der Waals surface area contributed by atoms with Crippen LogP contribution in [-0.4, -0.2) is 19.9 Å². The molecule has 0 saturated carbocycles. The van der Waals surface area contributed by atoms with E-state index in [9.17, 15) is 26.3 Å². The molecule has 2 aliphatic heterocycles. The highest BCUT2D eigenvalue weighted by molar-refractivity contribution is 5.94. The average Bonchev–Trinajstić information content (AvgIpc) is 3.79. The maximum atomic E-state index is 13.6. The van der Waals surface area contributed by atoms with E-state index >= 15 is 0 Å². The van der Waals surface area contributed by atoms with Crippen molar-refractivity contribution in [1.82, 2.24) is 19.9 Å². The van der Waals surface area contributed by atoms with E-state index in [4.69, 9.17) is 9.97 Å². The van der Waals surface area contributed by atoms with Crippen LogP contribution < -0.4 is 0 Å². The van der Waals surface area contributed by atoms with Gasteiger partial charge in [-0.2, -0.15) is 26.3 Å². The highest BCUT2D eigenvalue weighted by Gasteiger charge is 2.31. The molecular formula is C34H20F6N4. The quantitative estimate of drug-likeness (QED) is 0.195. The number of benzene rings is 2. The number of rotatable bonds is 2. The number of H-pyrrole nitrogens is 2. The second kappa shape index (κ2) is 10.1. The topological polar surface area (TPSA) is 57.4 Å². The zero-order valence-corrected chi connectivity index (χ0v) is 22.6. The monoisotopic (exact) mass is 598 g/mol. The average molecular weight is 599 g/mol. The van der Waals surface area contributed by atoms with E-state index in [1.807, 2.05) is 0 Å². The number of nitrogens with one attached hydrogen (secondary N) is 2. The van der Waals surface area contributed by atoms with Gasteiger partial charge in [-0.1, -0.05) is 24.3 Å². The molecule has 5 heterocycles. The first-order chi connectivity index (χ1) is 21.0. The van der Waals surface area contributed by atoms with Crippen molar-refractivity contribution in [2.45, 2.75) is 12.4 Å². The third-order valence-corrected chi connectivity index (χ3v) is 7.36. The van der Waals surface area contributed by atoms with Gasteiger partial charge in [-0.25, -0.2) is 9.97 Å². The molecule has 8 bridgehead atoms. The first kappa shape index (κ1) is 27.5. The Morgan fingerprint density at radius 2 is 0.932 bits per heavy atom. The molecule has 0 fully saturated rings. The van der Waals surface area contributed by atoms with Crippen LogP contribution in [0.2, 0.25) is 0 Å². The lowest BCUT2D eigenvalue weighted by Crippen LogP contribution is -2.04. The van der Waals surface area contributed by atoms with Crippen molar-refractivity contribution in [2.24, 2.45) is 0 Å². The number of hydrogen-bond acceptors (Lipinski definition) is 2. The fourth-order valence-corrected chi connectivity index (χ4v) is 5.38. The summed E-state index contributed by atoms with van der Waals surface area (Å²) in [7, 11) is 0. The van der Waals surface area contributed by atoms with E-state index in [0.29, 0.717) is 67.1 Å². The van der Waals surface area contributed by atoms with Gasteiger partial charge in [0, 0.05) is 33.2 Å². The Balaban J connectivity index is 1.52. The summed E-state index contributed by atoms with van der Waals surface area (Å²) in [4.78, 5) is 16.0. The summed E-state index contributed by atoms with van der Waals surface area (Å²) in [6.45, 7) is 0. The molecule has 4 nitrogen and oxygen atoms in total. The number of hydrogen-bond donors (Lipinski definition) is 2. The molecular weight excluding hydrogens is 578 g/mol. The van der Waals surface area contributed by atoms with Crippen LogP contribution in [0.15, 0.2) is 84.9 Å². The molecule has 0 saturated heterocycles. The number of alkyl halides is 6. The minimum atomic E-state index is -4.52. The number of aromatic nitrogens is 4. The molecule has 44 heavy (non-hydrogen) atoms. The van der Waals surface area contributed by atoms with Gasteiger partial charge in [-0.3, -0.25) is 0 Å². The van der Waals surface area contributed by atoms with Gasteiger partial charge in [0.2, 0.25) is 0 Å². The number of halogens is 6. The molecule has 5 aromatic rings. The predicted molar refractivity (Wildman–Crippen MR) is 160 cm³/mol. The summed E-state index contributed by atoms with van der Waals surface area (Å²) in [5.41, 5.74) is 4.50. The second-order valence-corrected chi connectivity index (χ2v) is 10.4. The van der Waals surface area contributed by atoms with Crippen LogP contribution in [0.5, 0.6) is 0 Å². The van der Waals surface area contributed by atoms with Crippen molar-refractivity contribution in [2.75, 3.05) is 0 Å². The van der Waals surface area contributed by atoms with E-state index < -0.39 is 23.5 Å². The lowest BCUT2D eigenvalue weighted by Gasteiger charge is -2.10. The van der Waals surface area contributed by atoms with Crippen molar-refractivity contribution < 1.29 is 26.3 Å². The van der Waals surface area contributed by atoms with E-state index in [2.05, 4.69) is 9.97 Å². The largest absolute Gasteiger partial charge is 0.416 e. The Labute approximate surface area is 246 Å². The Morgan fingerprint density at radius 3 is 1.39 bits per heavy atom. The molecule has 218 valence electrons. The third-order valence-electron chi connectivity index (χ3n) is 7.36. The lowest BCUT2D eigenvalue weighted by atomic mass is 10.00. The fourth-order valence-electron chi connectivity index (χ4n) is 5.38. The predicted octanol–water partition coefficient (Wildman–Crippen LogP) is 10.0. The van der Waals surface area contributed by atoms with Gasteiger partial charge in [0.1, 0.15) is 0 Å². The minimum absolute atomic E-state index is 0.319. The Kier molecular flexibility index (Phi) is 6.31. The highest BCUT2D eigenvalue weighted by Crippen LogP contribution is 2.37. The summed E-state index contributed by atoms with van der Waals surface area (Å²) in [6.07, 6.45) is -2.11. The van der Waals surface area contributed by atoms with Crippen molar-refractivity contribution in [1.29, 1.82) is 0 Å². The molecule has 7 rings (SSSR count). The van der Waals surface area contributed by atoms with Gasteiger partial charge in [-0.05, 0) is 96.1 Å². The SMILES string of the molecule is FC(F)(F)c1cccc(-c2c3nc(cc4ccc([nH]4)c(-c4cccc(C(F)(F)F)c4)c4ccc(cc5nc2C=C5)[nH]4)C=C3)c1. The van der Waals surface area contributed by atoms with E-state index in [-0.39, 0.29) is 0 Å². The molecule has 10 heteroatoms. The first-order valence-electron chi connectivity index (χ1n) is 13.5. The van der Waals surface area contributed by atoms with Gasteiger partial charge in [-0.15, -0.1) is 0 Å². The van der Waals surface area contributed by atoms with Crippen LogP contribution >= 0.6 is 0 Å². The summed E-state index contributed by atoms with van der Waals surface area (Å²) in [6, 6.07) is 20.8. The maximum Gasteiger partial charge on any atom is 0.416 e. The normalized spacial score (nSPS) is 13.0. The lowest BCUT2D eigenvalue weighted by molar-refractivity contribution is -0.138. The molecule has 0 amide bonds. The minimum Gasteiger partial charge on any atom is -0.355 e. The maximum absolute atomic E-state index is 13.6. The zero-order chi connectivity index (χ0) is 30.6. The Hall–Kier alpha value is -5.38. The molecule has 0 unspecified atom stereocenters. The summed E-state index contributed by atoms with van der Waals surface area (Å²) in [5, 5.41) is 0. The van der Waals surface area contributed by atoms with Gasteiger partial charge in [0.05, 0.1) is 33.9 Å². The van der Waals surface area contributed by atoms with Gasteiger partial charge in [0.15, 0.2) is 0 Å². The number of aromatic amines is 2. The number of fused-ring (bicyclic) bond motifs is 8. The van der Waals surface area contributed by atoms with Crippen molar-refractivity contribution in [3.05, 3.63) is 119 Å². The molecule has 2 aromatic carbocycles. The molecule has 3 aromatic heterocycles.